The van der Waals surface area contributed by atoms with Crippen molar-refractivity contribution in [3.63, 3.8) is 0 Å². The van der Waals surface area contributed by atoms with Crippen molar-refractivity contribution in [1.29, 1.82) is 0 Å². The molecule has 0 saturated carbocycles. The first-order valence-corrected chi connectivity index (χ1v) is 5.40. The second-order valence-corrected chi connectivity index (χ2v) is 4.41. The summed E-state index contributed by atoms with van der Waals surface area (Å²) in [5.74, 6) is 0.699. The number of carbonyl (C=O) groups excluding carboxylic acids is 1. The topological polar surface area (TPSA) is 52.7 Å². The largest absolute Gasteiger partial charge is 0.298 e. The second kappa shape index (κ2) is 3.76. The van der Waals surface area contributed by atoms with E-state index in [2.05, 4.69) is 32.8 Å². The van der Waals surface area contributed by atoms with E-state index in [1.165, 1.54) is 0 Å². The summed E-state index contributed by atoms with van der Waals surface area (Å²) >= 11 is 2.17. The Labute approximate surface area is 100 Å². The number of nitrogens with zero attached hydrogens (tertiary/aromatic N) is 4. The molecule has 2 aromatic heterocycles. The Kier molecular flexibility index (Phi) is 2.59. The predicted octanol–water partition coefficient (Wildman–Crippen LogP) is 1.33. The highest BCUT2D eigenvalue weighted by Gasteiger charge is 2.14. The fourth-order valence-corrected chi connectivity index (χ4v) is 1.88. The number of hydrogen-bond donors (Lipinski definition) is 0. The van der Waals surface area contributed by atoms with E-state index in [9.17, 15) is 4.79 Å². The van der Waals surface area contributed by atoms with Gasteiger partial charge in [-0.05, 0) is 29.5 Å². The average Bonchev–Trinajstić information content (AvgIpc) is 2.70. The summed E-state index contributed by atoms with van der Waals surface area (Å²) in [6, 6.07) is 0. The zero-order valence-corrected chi connectivity index (χ0v) is 10.5. The third kappa shape index (κ3) is 1.69. The first-order valence-electron chi connectivity index (χ1n) is 4.33. The van der Waals surface area contributed by atoms with Gasteiger partial charge in [0.25, 0.3) is 0 Å². The quantitative estimate of drug-likeness (QED) is 0.620. The molecule has 0 aliphatic heterocycles. The van der Waals surface area contributed by atoms with Crippen LogP contribution < -0.4 is 0 Å². The van der Waals surface area contributed by atoms with Crippen molar-refractivity contribution in [2.45, 2.75) is 6.92 Å². The molecule has 0 aromatic carbocycles. The van der Waals surface area contributed by atoms with Crippen molar-refractivity contribution in [1.82, 2.24) is 19.6 Å². The lowest BCUT2D eigenvalue weighted by atomic mass is 10.3. The van der Waals surface area contributed by atoms with Crippen LogP contribution in [-0.4, -0.2) is 25.8 Å². The summed E-state index contributed by atoms with van der Waals surface area (Å²) < 4.78 is 4.33. The Morgan fingerprint density at radius 2 is 2.27 bits per heavy atom. The fraction of sp³-hybridized carbons (Fsp3) is 0.222. The van der Waals surface area contributed by atoms with E-state index in [4.69, 9.17) is 0 Å². The summed E-state index contributed by atoms with van der Waals surface area (Å²) in [6.07, 6.45) is 4.40. The van der Waals surface area contributed by atoms with Gasteiger partial charge in [-0.3, -0.25) is 9.48 Å². The standard InChI is InChI=1S/C9H9IN4O/c1-6-8(5-15)9(13(2)12-6)14-4-7(10)3-11-14/h3-5H,1-2H3. The number of hydrogen-bond acceptors (Lipinski definition) is 3. The number of halogens is 1. The van der Waals surface area contributed by atoms with Gasteiger partial charge in [-0.15, -0.1) is 0 Å². The molecule has 0 aliphatic carbocycles. The predicted molar refractivity (Wildman–Crippen MR) is 63.2 cm³/mol. The highest BCUT2D eigenvalue weighted by molar-refractivity contribution is 14.1. The monoisotopic (exact) mass is 316 g/mol. The van der Waals surface area contributed by atoms with E-state index >= 15 is 0 Å². The minimum atomic E-state index is 0.581. The Hall–Kier alpha value is -1.18. The van der Waals surface area contributed by atoms with E-state index in [-0.39, 0.29) is 0 Å². The molecule has 2 aromatic rings. The number of aryl methyl sites for hydroxylation is 2. The van der Waals surface area contributed by atoms with Gasteiger partial charge < -0.3 is 0 Å². The van der Waals surface area contributed by atoms with Crippen molar-refractivity contribution < 1.29 is 4.79 Å². The van der Waals surface area contributed by atoms with Crippen molar-refractivity contribution in [2.75, 3.05) is 0 Å². The zero-order valence-electron chi connectivity index (χ0n) is 8.31. The number of aldehydes is 1. The number of carbonyl (C=O) groups is 1. The molecule has 0 fully saturated rings. The van der Waals surface area contributed by atoms with Crippen LogP contribution in [0.5, 0.6) is 0 Å². The molecule has 15 heavy (non-hydrogen) atoms. The molecule has 0 amide bonds. The van der Waals surface area contributed by atoms with Crippen LogP contribution in [0, 0.1) is 10.5 Å². The van der Waals surface area contributed by atoms with Gasteiger partial charge in [0.05, 0.1) is 21.0 Å². The molecule has 0 spiro atoms. The maximum absolute atomic E-state index is 10.9. The van der Waals surface area contributed by atoms with Gasteiger partial charge in [-0.2, -0.15) is 10.2 Å². The van der Waals surface area contributed by atoms with Gasteiger partial charge in [-0.25, -0.2) is 4.68 Å². The van der Waals surface area contributed by atoms with E-state index in [0.29, 0.717) is 17.1 Å². The highest BCUT2D eigenvalue weighted by atomic mass is 127. The van der Waals surface area contributed by atoms with Crippen LogP contribution in [0.3, 0.4) is 0 Å². The third-order valence-electron chi connectivity index (χ3n) is 2.12. The summed E-state index contributed by atoms with van der Waals surface area (Å²) in [5.41, 5.74) is 1.30. The number of aromatic nitrogens is 4. The maximum atomic E-state index is 10.9. The Balaban J connectivity index is 2.66. The van der Waals surface area contributed by atoms with Crippen molar-refractivity contribution in [3.8, 4) is 5.82 Å². The molecular formula is C9H9IN4O. The van der Waals surface area contributed by atoms with Crippen molar-refractivity contribution in [2.24, 2.45) is 7.05 Å². The van der Waals surface area contributed by atoms with Gasteiger partial charge in [0.15, 0.2) is 12.1 Å². The molecule has 2 rings (SSSR count). The first kappa shape index (κ1) is 10.3. The van der Waals surface area contributed by atoms with Gasteiger partial charge in [-0.1, -0.05) is 0 Å². The van der Waals surface area contributed by atoms with Crippen LogP contribution >= 0.6 is 22.6 Å². The lowest BCUT2D eigenvalue weighted by molar-refractivity contribution is 0.112. The van der Waals surface area contributed by atoms with E-state index in [1.54, 1.807) is 22.6 Å². The van der Waals surface area contributed by atoms with Crippen LogP contribution in [0.25, 0.3) is 5.82 Å². The Morgan fingerprint density at radius 1 is 1.53 bits per heavy atom. The molecule has 78 valence electrons. The molecule has 0 aliphatic rings. The lowest BCUT2D eigenvalue weighted by Gasteiger charge is -2.01. The minimum absolute atomic E-state index is 0.581. The average molecular weight is 316 g/mol. The van der Waals surface area contributed by atoms with E-state index < -0.39 is 0 Å². The van der Waals surface area contributed by atoms with Crippen LogP contribution in [0.1, 0.15) is 16.1 Å². The van der Waals surface area contributed by atoms with Gasteiger partial charge in [0, 0.05) is 13.2 Å². The van der Waals surface area contributed by atoms with Crippen molar-refractivity contribution in [3.05, 3.63) is 27.2 Å². The molecule has 0 N–H and O–H groups in total. The SMILES string of the molecule is Cc1nn(C)c(-n2cc(I)cn2)c1C=O. The molecule has 0 atom stereocenters. The lowest BCUT2D eigenvalue weighted by Crippen LogP contribution is -2.05. The van der Waals surface area contributed by atoms with Gasteiger partial charge >= 0.3 is 0 Å². The Bertz CT molecular complexity index is 514. The van der Waals surface area contributed by atoms with Gasteiger partial charge in [0.1, 0.15) is 0 Å². The summed E-state index contributed by atoms with van der Waals surface area (Å²) in [6.45, 7) is 1.81. The van der Waals surface area contributed by atoms with E-state index in [1.807, 2.05) is 13.1 Å². The molecule has 0 saturated heterocycles. The first-order chi connectivity index (χ1) is 7.13. The smallest absolute Gasteiger partial charge is 0.162 e. The normalized spacial score (nSPS) is 10.6. The van der Waals surface area contributed by atoms with Crippen LogP contribution in [0.15, 0.2) is 12.4 Å². The molecule has 6 heteroatoms. The molecule has 5 nitrogen and oxygen atoms in total. The van der Waals surface area contributed by atoms with Crippen LogP contribution in [0.2, 0.25) is 0 Å². The number of rotatable bonds is 2. The highest BCUT2D eigenvalue weighted by Crippen LogP contribution is 2.16. The zero-order chi connectivity index (χ0) is 11.0. The molecule has 0 unspecified atom stereocenters. The van der Waals surface area contributed by atoms with E-state index in [0.717, 1.165) is 9.86 Å². The van der Waals surface area contributed by atoms with Crippen LogP contribution in [-0.2, 0) is 7.05 Å². The second-order valence-electron chi connectivity index (χ2n) is 3.17. The minimum Gasteiger partial charge on any atom is -0.298 e. The van der Waals surface area contributed by atoms with Crippen LogP contribution in [0.4, 0.5) is 0 Å². The van der Waals surface area contributed by atoms with Crippen molar-refractivity contribution >= 4 is 28.9 Å². The van der Waals surface area contributed by atoms with Gasteiger partial charge in [0.2, 0.25) is 0 Å². The molecular weight excluding hydrogens is 307 g/mol. The summed E-state index contributed by atoms with van der Waals surface area (Å²) in [4.78, 5) is 10.9. The molecule has 0 radical (unpaired) electrons. The fourth-order valence-electron chi connectivity index (χ4n) is 1.49. The summed E-state index contributed by atoms with van der Waals surface area (Å²) in [5, 5.41) is 8.35. The third-order valence-corrected chi connectivity index (χ3v) is 2.68. The Morgan fingerprint density at radius 3 is 2.80 bits per heavy atom. The molecule has 2 heterocycles. The summed E-state index contributed by atoms with van der Waals surface area (Å²) in [7, 11) is 1.80. The maximum Gasteiger partial charge on any atom is 0.162 e. The molecule has 0 bridgehead atoms.